The monoisotopic (exact) mass is 422 g/mol. The van der Waals surface area contributed by atoms with Gasteiger partial charge in [0.15, 0.2) is 11.5 Å². The number of imidazole rings is 1. The van der Waals surface area contributed by atoms with Crippen LogP contribution in [0.5, 0.6) is 6.01 Å². The number of anilines is 1. The molecule has 0 spiro atoms. The summed E-state index contributed by atoms with van der Waals surface area (Å²) in [5.74, 6) is 0.203. The molecule has 3 N–H and O–H groups in total. The summed E-state index contributed by atoms with van der Waals surface area (Å²) >= 11 is 6.00. The summed E-state index contributed by atoms with van der Waals surface area (Å²) in [7, 11) is 1.73. The molecule has 0 unspecified atom stereocenters. The molecule has 0 aliphatic heterocycles. The minimum absolute atomic E-state index is 0.0231. The number of amides is 1. The zero-order valence-corrected chi connectivity index (χ0v) is 18.0. The molecule has 0 atom stereocenters. The van der Waals surface area contributed by atoms with Gasteiger partial charge in [-0.15, -0.1) is 0 Å². The van der Waals surface area contributed by atoms with E-state index in [2.05, 4.69) is 22.5 Å². The second kappa shape index (κ2) is 12.3. The highest BCUT2D eigenvalue weighted by Crippen LogP contribution is 2.25. The Kier molecular flexibility index (Phi) is 9.80. The topological polar surface area (TPSA) is 88.4 Å². The lowest BCUT2D eigenvalue weighted by Gasteiger charge is -2.13. The summed E-state index contributed by atoms with van der Waals surface area (Å²) in [6, 6.07) is 7.88. The molecule has 8 heteroatoms. The number of aromatic nitrogens is 2. The van der Waals surface area contributed by atoms with E-state index in [-0.39, 0.29) is 12.5 Å². The third kappa shape index (κ3) is 6.94. The van der Waals surface area contributed by atoms with E-state index in [1.165, 1.54) is 6.42 Å². The molecule has 0 aliphatic rings. The van der Waals surface area contributed by atoms with Gasteiger partial charge in [-0.25, -0.2) is 0 Å². The largest absolute Gasteiger partial charge is 0.465 e. The van der Waals surface area contributed by atoms with Crippen molar-refractivity contribution in [2.75, 3.05) is 32.1 Å². The minimum atomic E-state index is -0.259. The van der Waals surface area contributed by atoms with Crippen molar-refractivity contribution in [1.29, 1.82) is 0 Å². The number of rotatable bonds is 13. The van der Waals surface area contributed by atoms with Gasteiger partial charge in [0.2, 0.25) is 0 Å². The average Bonchev–Trinajstić information content (AvgIpc) is 3.07. The standard InChI is InChI=1S/C21H31ClN4O3/c1-3-4-5-6-14-29-21-25-19(23-2)18(20(28)24-12-7-13-27)26(21)15-16-8-10-17(22)11-9-16/h8-11,23,27H,3-7,12-15H2,1-2H3,(H,24,28). The van der Waals surface area contributed by atoms with Gasteiger partial charge in [0.1, 0.15) is 0 Å². The molecule has 1 aromatic heterocycles. The zero-order valence-electron chi connectivity index (χ0n) is 17.2. The SMILES string of the molecule is CCCCCCOc1nc(NC)c(C(=O)NCCCO)n1Cc1ccc(Cl)cc1. The van der Waals surface area contributed by atoms with Crippen LogP contribution in [0.15, 0.2) is 24.3 Å². The lowest BCUT2D eigenvalue weighted by atomic mass is 10.2. The first-order valence-corrected chi connectivity index (χ1v) is 10.5. The Hall–Kier alpha value is -2.25. The van der Waals surface area contributed by atoms with Crippen LogP contribution in [0.4, 0.5) is 5.82 Å². The zero-order chi connectivity index (χ0) is 21.1. The molecule has 1 aromatic carbocycles. The van der Waals surface area contributed by atoms with Crippen molar-refractivity contribution in [3.63, 3.8) is 0 Å². The molecule has 1 amide bonds. The van der Waals surface area contributed by atoms with E-state index in [0.717, 1.165) is 24.8 Å². The summed E-state index contributed by atoms with van der Waals surface area (Å²) in [6.07, 6.45) is 4.86. The normalized spacial score (nSPS) is 10.8. The van der Waals surface area contributed by atoms with Gasteiger partial charge in [0.25, 0.3) is 11.9 Å². The van der Waals surface area contributed by atoms with Crippen LogP contribution in [-0.2, 0) is 6.54 Å². The van der Waals surface area contributed by atoms with Gasteiger partial charge in [0.05, 0.1) is 13.2 Å². The Balaban J connectivity index is 2.27. The summed E-state index contributed by atoms with van der Waals surface area (Å²) in [6.45, 7) is 3.55. The fraction of sp³-hybridized carbons (Fsp3) is 0.524. The smallest absolute Gasteiger partial charge is 0.299 e. The van der Waals surface area contributed by atoms with E-state index < -0.39 is 0 Å². The van der Waals surface area contributed by atoms with Crippen LogP contribution in [0.25, 0.3) is 0 Å². The van der Waals surface area contributed by atoms with E-state index in [9.17, 15) is 4.79 Å². The Morgan fingerprint density at radius 3 is 2.62 bits per heavy atom. The second-order valence-electron chi connectivity index (χ2n) is 6.80. The first-order chi connectivity index (χ1) is 14.1. The number of carbonyl (C=O) groups excluding carboxylic acids is 1. The van der Waals surface area contributed by atoms with E-state index in [1.54, 1.807) is 11.6 Å². The quantitative estimate of drug-likeness (QED) is 0.428. The van der Waals surface area contributed by atoms with Gasteiger partial charge in [-0.3, -0.25) is 9.36 Å². The molecule has 2 rings (SSSR count). The maximum atomic E-state index is 12.8. The molecule has 1 heterocycles. The van der Waals surface area contributed by atoms with Gasteiger partial charge < -0.3 is 20.5 Å². The lowest BCUT2D eigenvalue weighted by Crippen LogP contribution is -2.28. The molecule has 7 nitrogen and oxygen atoms in total. The maximum Gasteiger partial charge on any atom is 0.299 e. The molecule has 0 fully saturated rings. The molecule has 0 saturated heterocycles. The Morgan fingerprint density at radius 2 is 1.97 bits per heavy atom. The highest BCUT2D eigenvalue weighted by molar-refractivity contribution is 6.30. The van der Waals surface area contributed by atoms with Gasteiger partial charge in [-0.2, -0.15) is 4.98 Å². The number of aliphatic hydroxyl groups excluding tert-OH is 1. The predicted octanol–water partition coefficient (Wildman–Crippen LogP) is 3.70. The van der Waals surface area contributed by atoms with Gasteiger partial charge in [0, 0.05) is 25.2 Å². The van der Waals surface area contributed by atoms with Crippen LogP contribution >= 0.6 is 11.6 Å². The van der Waals surface area contributed by atoms with Crippen LogP contribution in [-0.4, -0.2) is 47.4 Å². The fourth-order valence-electron chi connectivity index (χ4n) is 2.92. The third-order valence-corrected chi connectivity index (χ3v) is 4.74. The third-order valence-electron chi connectivity index (χ3n) is 4.49. The number of unbranched alkanes of at least 4 members (excludes halogenated alkanes) is 3. The number of aliphatic hydroxyl groups is 1. The number of benzene rings is 1. The Morgan fingerprint density at radius 1 is 1.21 bits per heavy atom. The van der Waals surface area contributed by atoms with Crippen LogP contribution in [0.1, 0.15) is 55.1 Å². The summed E-state index contributed by atoms with van der Waals surface area (Å²) in [5, 5.41) is 15.5. The van der Waals surface area contributed by atoms with Gasteiger partial charge >= 0.3 is 0 Å². The summed E-state index contributed by atoms with van der Waals surface area (Å²) in [5.41, 5.74) is 1.39. The second-order valence-corrected chi connectivity index (χ2v) is 7.23. The van der Waals surface area contributed by atoms with Crippen LogP contribution in [0.3, 0.4) is 0 Å². The van der Waals surface area contributed by atoms with Gasteiger partial charge in [-0.1, -0.05) is 49.9 Å². The van der Waals surface area contributed by atoms with Crippen molar-refractivity contribution < 1.29 is 14.6 Å². The van der Waals surface area contributed by atoms with Crippen molar-refractivity contribution in [2.24, 2.45) is 0 Å². The number of carbonyl (C=O) groups is 1. The number of halogens is 1. The van der Waals surface area contributed by atoms with Crippen LogP contribution in [0.2, 0.25) is 5.02 Å². The maximum absolute atomic E-state index is 12.8. The number of ether oxygens (including phenoxy) is 1. The first-order valence-electron chi connectivity index (χ1n) is 10.1. The molecule has 0 bridgehead atoms. The van der Waals surface area contributed by atoms with Crippen LogP contribution < -0.4 is 15.4 Å². The fourth-order valence-corrected chi connectivity index (χ4v) is 3.05. The van der Waals surface area contributed by atoms with E-state index in [0.29, 0.717) is 48.7 Å². The molecule has 0 radical (unpaired) electrons. The average molecular weight is 423 g/mol. The molecule has 0 aliphatic carbocycles. The highest BCUT2D eigenvalue weighted by atomic mass is 35.5. The Bertz CT molecular complexity index is 762. The van der Waals surface area contributed by atoms with Crippen molar-refractivity contribution in [3.05, 3.63) is 40.5 Å². The number of nitrogens with zero attached hydrogens (tertiary/aromatic N) is 2. The first kappa shape index (κ1) is 23.0. The Labute approximate surface area is 177 Å². The van der Waals surface area contributed by atoms with Crippen molar-refractivity contribution in [2.45, 2.75) is 45.6 Å². The molecule has 2 aromatic rings. The van der Waals surface area contributed by atoms with E-state index >= 15 is 0 Å². The number of nitrogens with one attached hydrogen (secondary N) is 2. The molecule has 0 saturated carbocycles. The van der Waals surface area contributed by atoms with Crippen molar-refractivity contribution in [1.82, 2.24) is 14.9 Å². The van der Waals surface area contributed by atoms with Crippen LogP contribution in [0, 0.1) is 0 Å². The number of hydrogen-bond acceptors (Lipinski definition) is 5. The van der Waals surface area contributed by atoms with Crippen molar-refractivity contribution >= 4 is 23.3 Å². The molecular weight excluding hydrogens is 392 g/mol. The molecule has 160 valence electrons. The summed E-state index contributed by atoms with van der Waals surface area (Å²) in [4.78, 5) is 17.3. The highest BCUT2D eigenvalue weighted by Gasteiger charge is 2.23. The minimum Gasteiger partial charge on any atom is -0.465 e. The predicted molar refractivity (Wildman–Crippen MR) is 116 cm³/mol. The van der Waals surface area contributed by atoms with E-state index in [4.69, 9.17) is 21.4 Å². The molecular formula is C21H31ClN4O3. The summed E-state index contributed by atoms with van der Waals surface area (Å²) < 4.78 is 7.73. The van der Waals surface area contributed by atoms with Crippen molar-refractivity contribution in [3.8, 4) is 6.01 Å². The molecule has 29 heavy (non-hydrogen) atoms. The number of hydrogen-bond donors (Lipinski definition) is 3. The van der Waals surface area contributed by atoms with Gasteiger partial charge in [-0.05, 0) is 30.5 Å². The lowest BCUT2D eigenvalue weighted by molar-refractivity contribution is 0.0941. The van der Waals surface area contributed by atoms with E-state index in [1.807, 2.05) is 24.3 Å².